The van der Waals surface area contributed by atoms with E-state index in [9.17, 15) is 13.2 Å². The molecule has 0 radical (unpaired) electrons. The normalized spacial score (nSPS) is 13.7. The van der Waals surface area contributed by atoms with Gasteiger partial charge in [0.2, 0.25) is 0 Å². The standard InChI is InChI=1S/C12H14BrF3O/c1-9-3-2-4-10(7-9)11(8-13)17-6-5-12(14,15)16/h2-4,7,11H,5-6,8H2,1H3. The van der Waals surface area contributed by atoms with E-state index in [0.29, 0.717) is 5.33 Å². The lowest BCUT2D eigenvalue weighted by Crippen LogP contribution is -2.14. The van der Waals surface area contributed by atoms with Crippen molar-refractivity contribution >= 4 is 15.9 Å². The van der Waals surface area contributed by atoms with Crippen LogP contribution >= 0.6 is 15.9 Å². The Kier molecular flexibility index (Phi) is 5.46. The van der Waals surface area contributed by atoms with Gasteiger partial charge in [-0.1, -0.05) is 45.8 Å². The number of benzene rings is 1. The first-order chi connectivity index (χ1) is 7.92. The third-order valence-electron chi connectivity index (χ3n) is 2.26. The molecular weight excluding hydrogens is 297 g/mol. The highest BCUT2D eigenvalue weighted by atomic mass is 79.9. The van der Waals surface area contributed by atoms with Crippen LogP contribution in [0.1, 0.15) is 23.7 Å². The Morgan fingerprint density at radius 2 is 2.06 bits per heavy atom. The third-order valence-corrected chi connectivity index (χ3v) is 2.85. The highest BCUT2D eigenvalue weighted by Gasteiger charge is 2.27. The van der Waals surface area contributed by atoms with Crippen molar-refractivity contribution in [1.29, 1.82) is 0 Å². The summed E-state index contributed by atoms with van der Waals surface area (Å²) in [4.78, 5) is 0. The van der Waals surface area contributed by atoms with Gasteiger partial charge in [-0.3, -0.25) is 0 Å². The van der Waals surface area contributed by atoms with Crippen molar-refractivity contribution in [3.8, 4) is 0 Å². The Morgan fingerprint density at radius 1 is 1.35 bits per heavy atom. The van der Waals surface area contributed by atoms with Crippen LogP contribution in [-0.4, -0.2) is 18.1 Å². The van der Waals surface area contributed by atoms with Crippen molar-refractivity contribution in [2.75, 3.05) is 11.9 Å². The molecule has 0 N–H and O–H groups in total. The number of ether oxygens (including phenoxy) is 1. The molecule has 0 saturated carbocycles. The van der Waals surface area contributed by atoms with Crippen molar-refractivity contribution in [2.24, 2.45) is 0 Å². The van der Waals surface area contributed by atoms with E-state index in [1.807, 2.05) is 31.2 Å². The minimum Gasteiger partial charge on any atom is -0.372 e. The molecule has 1 aromatic carbocycles. The van der Waals surface area contributed by atoms with E-state index >= 15 is 0 Å². The van der Waals surface area contributed by atoms with E-state index in [2.05, 4.69) is 15.9 Å². The first-order valence-corrected chi connectivity index (χ1v) is 6.35. The summed E-state index contributed by atoms with van der Waals surface area (Å²) in [5, 5.41) is 0.480. The molecular formula is C12H14BrF3O. The van der Waals surface area contributed by atoms with E-state index in [4.69, 9.17) is 4.74 Å². The predicted octanol–water partition coefficient (Wildman–Crippen LogP) is 4.40. The van der Waals surface area contributed by atoms with Gasteiger partial charge in [-0.25, -0.2) is 0 Å². The SMILES string of the molecule is Cc1cccc(C(CBr)OCCC(F)(F)F)c1. The van der Waals surface area contributed by atoms with Gasteiger partial charge in [0, 0.05) is 5.33 Å². The molecule has 1 unspecified atom stereocenters. The van der Waals surface area contributed by atoms with Crippen molar-refractivity contribution in [3.05, 3.63) is 35.4 Å². The Bertz CT molecular complexity index is 352. The van der Waals surface area contributed by atoms with Gasteiger partial charge in [0.05, 0.1) is 19.1 Å². The maximum absolute atomic E-state index is 12.0. The zero-order valence-corrected chi connectivity index (χ0v) is 11.0. The van der Waals surface area contributed by atoms with Crippen LogP contribution in [0, 0.1) is 6.92 Å². The van der Waals surface area contributed by atoms with Gasteiger partial charge in [0.15, 0.2) is 0 Å². The van der Waals surface area contributed by atoms with E-state index in [1.165, 1.54) is 0 Å². The topological polar surface area (TPSA) is 9.23 Å². The molecule has 1 aromatic rings. The Hall–Kier alpha value is -0.550. The van der Waals surface area contributed by atoms with Gasteiger partial charge in [-0.2, -0.15) is 13.2 Å². The smallest absolute Gasteiger partial charge is 0.372 e. The van der Waals surface area contributed by atoms with E-state index < -0.39 is 12.6 Å². The molecule has 1 rings (SSSR count). The highest BCUT2D eigenvalue weighted by Crippen LogP contribution is 2.24. The van der Waals surface area contributed by atoms with Gasteiger partial charge >= 0.3 is 6.18 Å². The summed E-state index contributed by atoms with van der Waals surface area (Å²) in [5.41, 5.74) is 1.96. The number of aryl methyl sites for hydroxylation is 1. The van der Waals surface area contributed by atoms with Gasteiger partial charge in [0.1, 0.15) is 0 Å². The maximum atomic E-state index is 12.0. The number of rotatable bonds is 5. The largest absolute Gasteiger partial charge is 0.391 e. The molecule has 0 heterocycles. The Balaban J connectivity index is 2.54. The Labute approximate surface area is 107 Å². The second-order valence-electron chi connectivity index (χ2n) is 3.79. The third kappa shape index (κ3) is 5.55. The molecule has 17 heavy (non-hydrogen) atoms. The molecule has 0 aliphatic heterocycles. The fourth-order valence-corrected chi connectivity index (χ4v) is 1.98. The molecule has 5 heteroatoms. The molecule has 0 saturated heterocycles. The summed E-state index contributed by atoms with van der Waals surface area (Å²) in [5.74, 6) is 0. The predicted molar refractivity (Wildman–Crippen MR) is 64.3 cm³/mol. The molecule has 0 aliphatic rings. The summed E-state index contributed by atoms with van der Waals surface area (Å²) >= 11 is 3.25. The molecule has 0 spiro atoms. The van der Waals surface area contributed by atoms with Crippen LogP contribution in [0.5, 0.6) is 0 Å². The lowest BCUT2D eigenvalue weighted by molar-refractivity contribution is -0.148. The second-order valence-corrected chi connectivity index (χ2v) is 4.44. The minimum absolute atomic E-state index is 0.312. The van der Waals surface area contributed by atoms with Crippen LogP contribution < -0.4 is 0 Å². The molecule has 0 amide bonds. The number of alkyl halides is 4. The molecule has 96 valence electrons. The van der Waals surface area contributed by atoms with Crippen LogP contribution in [-0.2, 0) is 4.74 Å². The van der Waals surface area contributed by atoms with E-state index in [1.54, 1.807) is 0 Å². The lowest BCUT2D eigenvalue weighted by Gasteiger charge is -2.17. The van der Waals surface area contributed by atoms with Gasteiger partial charge in [-0.05, 0) is 12.5 Å². The summed E-state index contributed by atoms with van der Waals surface area (Å²) in [7, 11) is 0. The highest BCUT2D eigenvalue weighted by molar-refractivity contribution is 9.09. The molecule has 0 fully saturated rings. The second kappa shape index (κ2) is 6.40. The zero-order chi connectivity index (χ0) is 12.9. The zero-order valence-electron chi connectivity index (χ0n) is 9.43. The van der Waals surface area contributed by atoms with E-state index in [-0.39, 0.29) is 12.7 Å². The molecule has 0 aliphatic carbocycles. The van der Waals surface area contributed by atoms with E-state index in [0.717, 1.165) is 11.1 Å². The average Bonchev–Trinajstić information content (AvgIpc) is 2.23. The number of hydrogen-bond donors (Lipinski definition) is 0. The molecule has 1 atom stereocenters. The van der Waals surface area contributed by atoms with Crippen molar-refractivity contribution < 1.29 is 17.9 Å². The number of hydrogen-bond acceptors (Lipinski definition) is 1. The van der Waals surface area contributed by atoms with Crippen molar-refractivity contribution in [2.45, 2.75) is 25.6 Å². The van der Waals surface area contributed by atoms with Crippen LogP contribution in [0.3, 0.4) is 0 Å². The molecule has 0 aromatic heterocycles. The van der Waals surface area contributed by atoms with Crippen LogP contribution in [0.15, 0.2) is 24.3 Å². The van der Waals surface area contributed by atoms with Gasteiger partial charge < -0.3 is 4.74 Å². The summed E-state index contributed by atoms with van der Waals surface area (Å²) < 4.78 is 41.2. The minimum atomic E-state index is -4.16. The van der Waals surface area contributed by atoms with Gasteiger partial charge in [0.25, 0.3) is 0 Å². The summed E-state index contributed by atoms with van der Waals surface area (Å²) in [6, 6.07) is 7.57. The fraction of sp³-hybridized carbons (Fsp3) is 0.500. The maximum Gasteiger partial charge on any atom is 0.391 e. The monoisotopic (exact) mass is 310 g/mol. The Morgan fingerprint density at radius 3 is 2.59 bits per heavy atom. The summed E-state index contributed by atoms with van der Waals surface area (Å²) in [6.07, 6.45) is -5.41. The average molecular weight is 311 g/mol. The van der Waals surface area contributed by atoms with Crippen molar-refractivity contribution in [3.63, 3.8) is 0 Å². The van der Waals surface area contributed by atoms with Crippen LogP contribution in [0.2, 0.25) is 0 Å². The van der Waals surface area contributed by atoms with Gasteiger partial charge in [-0.15, -0.1) is 0 Å². The quantitative estimate of drug-likeness (QED) is 0.732. The number of halogens is 4. The molecule has 0 bridgehead atoms. The first kappa shape index (κ1) is 14.5. The van der Waals surface area contributed by atoms with Crippen LogP contribution in [0.25, 0.3) is 0 Å². The summed E-state index contributed by atoms with van der Waals surface area (Å²) in [6.45, 7) is 1.62. The molecule has 1 nitrogen and oxygen atoms in total. The van der Waals surface area contributed by atoms with Crippen molar-refractivity contribution in [1.82, 2.24) is 0 Å². The first-order valence-electron chi connectivity index (χ1n) is 5.23. The lowest BCUT2D eigenvalue weighted by atomic mass is 10.1. The van der Waals surface area contributed by atoms with Crippen LogP contribution in [0.4, 0.5) is 13.2 Å². The fourth-order valence-electron chi connectivity index (χ4n) is 1.42.